The molecule has 0 aromatic heterocycles. The van der Waals surface area contributed by atoms with Crippen molar-refractivity contribution < 1.29 is 27.5 Å². The van der Waals surface area contributed by atoms with Gasteiger partial charge in [-0.05, 0) is 12.8 Å². The predicted molar refractivity (Wildman–Crippen MR) is 100 cm³/mol. The van der Waals surface area contributed by atoms with Crippen LogP contribution >= 0.6 is 0 Å². The number of benzene rings is 1. The average Bonchev–Trinajstić information content (AvgIpc) is 3.24. The van der Waals surface area contributed by atoms with Crippen molar-refractivity contribution in [2.45, 2.75) is 51.6 Å². The van der Waals surface area contributed by atoms with E-state index < -0.39 is 29.1 Å². The highest BCUT2D eigenvalue weighted by molar-refractivity contribution is 6.16. The highest BCUT2D eigenvalue weighted by Crippen LogP contribution is 2.39. The number of amidine groups is 1. The number of alkyl halides is 3. The molecule has 2 aliphatic heterocycles. The van der Waals surface area contributed by atoms with Crippen LogP contribution < -0.4 is 5.32 Å². The molecule has 2 heterocycles. The molecule has 6 nitrogen and oxygen atoms in total. The molecule has 158 valence electrons. The molecule has 29 heavy (non-hydrogen) atoms. The smallest absolute Gasteiger partial charge is 0.376 e. The Bertz CT molecular complexity index is 812. The van der Waals surface area contributed by atoms with Gasteiger partial charge in [-0.3, -0.25) is 14.5 Å². The Morgan fingerprint density at radius 2 is 1.93 bits per heavy atom. The Hall–Kier alpha value is -2.42. The van der Waals surface area contributed by atoms with Crippen LogP contribution in [-0.2, 0) is 14.3 Å². The fraction of sp³-hybridized carbons (Fsp3) is 0.550. The Balaban J connectivity index is 2.08. The molecule has 1 saturated heterocycles. The first-order valence-corrected chi connectivity index (χ1v) is 9.44. The van der Waals surface area contributed by atoms with Gasteiger partial charge in [-0.15, -0.1) is 0 Å². The molecule has 0 spiro atoms. The van der Waals surface area contributed by atoms with E-state index in [9.17, 15) is 22.8 Å². The van der Waals surface area contributed by atoms with Crippen LogP contribution in [0.4, 0.5) is 13.2 Å². The van der Waals surface area contributed by atoms with Gasteiger partial charge in [0.25, 0.3) is 5.91 Å². The normalized spacial score (nSPS) is 25.3. The summed E-state index contributed by atoms with van der Waals surface area (Å²) >= 11 is 0. The van der Waals surface area contributed by atoms with E-state index in [1.165, 1.54) is 20.8 Å². The summed E-state index contributed by atoms with van der Waals surface area (Å²) in [6.45, 7) is 4.85. The van der Waals surface area contributed by atoms with Crippen molar-refractivity contribution in [2.24, 2.45) is 10.4 Å². The van der Waals surface area contributed by atoms with Gasteiger partial charge >= 0.3 is 11.8 Å². The third kappa shape index (κ3) is 4.01. The van der Waals surface area contributed by atoms with Gasteiger partial charge < -0.3 is 10.1 Å². The van der Waals surface area contributed by atoms with Crippen LogP contribution in [0.1, 0.15) is 39.2 Å². The zero-order chi connectivity index (χ0) is 21.4. The van der Waals surface area contributed by atoms with Crippen molar-refractivity contribution in [3.05, 3.63) is 35.9 Å². The van der Waals surface area contributed by atoms with Crippen LogP contribution in [0.3, 0.4) is 0 Å². The predicted octanol–water partition coefficient (Wildman–Crippen LogP) is 2.88. The summed E-state index contributed by atoms with van der Waals surface area (Å²) in [4.78, 5) is 30.4. The Labute approximate surface area is 167 Å². The lowest BCUT2D eigenvalue weighted by Gasteiger charge is -2.32. The lowest BCUT2D eigenvalue weighted by Crippen LogP contribution is -2.65. The summed E-state index contributed by atoms with van der Waals surface area (Å²) in [5, 5.41) is 1.89. The monoisotopic (exact) mass is 411 g/mol. The first-order chi connectivity index (χ1) is 13.5. The quantitative estimate of drug-likeness (QED) is 0.828. The second kappa shape index (κ2) is 7.44. The second-order valence-electron chi connectivity index (χ2n) is 8.26. The minimum Gasteiger partial charge on any atom is -0.376 e. The number of carbonyl (C=O) groups is 2. The largest absolute Gasteiger partial charge is 0.442 e. The summed E-state index contributed by atoms with van der Waals surface area (Å²) in [6, 6.07) is 8.16. The third-order valence-corrected chi connectivity index (χ3v) is 4.91. The molecule has 0 radical (unpaired) electrons. The molecule has 9 heteroatoms. The van der Waals surface area contributed by atoms with Crippen molar-refractivity contribution in [3.63, 3.8) is 0 Å². The summed E-state index contributed by atoms with van der Waals surface area (Å²) in [5.74, 6) is -2.37. The van der Waals surface area contributed by atoms with Crippen molar-refractivity contribution in [2.75, 3.05) is 13.2 Å². The molecule has 0 aliphatic carbocycles. The van der Waals surface area contributed by atoms with E-state index in [4.69, 9.17) is 4.74 Å². The molecular weight excluding hydrogens is 387 g/mol. The molecule has 2 unspecified atom stereocenters. The van der Waals surface area contributed by atoms with Crippen molar-refractivity contribution in [3.8, 4) is 0 Å². The van der Waals surface area contributed by atoms with Gasteiger partial charge in [-0.1, -0.05) is 51.1 Å². The van der Waals surface area contributed by atoms with Crippen molar-refractivity contribution in [1.29, 1.82) is 0 Å². The van der Waals surface area contributed by atoms with Crippen LogP contribution in [0, 0.1) is 5.41 Å². The number of ether oxygens (including phenoxy) is 1. The van der Waals surface area contributed by atoms with Crippen LogP contribution in [0.15, 0.2) is 35.3 Å². The Kier molecular flexibility index (Phi) is 5.46. The number of nitrogens with zero attached hydrogens (tertiary/aromatic N) is 2. The number of aliphatic imine (C=N–C) groups is 1. The SMILES string of the molecule is CC(C)(C)C(=O)NC1(C(F)(F)F)N=C(c2ccccc2)N(CC2CCCO2)C1=O. The van der Waals surface area contributed by atoms with E-state index >= 15 is 0 Å². The fourth-order valence-corrected chi connectivity index (χ4v) is 3.22. The van der Waals surface area contributed by atoms with Gasteiger partial charge in [0.1, 0.15) is 5.84 Å². The summed E-state index contributed by atoms with van der Waals surface area (Å²) in [7, 11) is 0. The van der Waals surface area contributed by atoms with E-state index in [2.05, 4.69) is 4.99 Å². The van der Waals surface area contributed by atoms with E-state index in [-0.39, 0.29) is 18.5 Å². The van der Waals surface area contributed by atoms with E-state index in [1.54, 1.807) is 30.3 Å². The first kappa shape index (κ1) is 21.3. The maximum atomic E-state index is 14.2. The number of carbonyl (C=O) groups excluding carboxylic acids is 2. The lowest BCUT2D eigenvalue weighted by atomic mass is 9.94. The van der Waals surface area contributed by atoms with Crippen LogP contribution in [0.25, 0.3) is 0 Å². The molecule has 1 fully saturated rings. The zero-order valence-electron chi connectivity index (χ0n) is 16.5. The Morgan fingerprint density at radius 1 is 1.28 bits per heavy atom. The van der Waals surface area contributed by atoms with Gasteiger partial charge in [-0.25, -0.2) is 4.99 Å². The number of amides is 2. The highest BCUT2D eigenvalue weighted by atomic mass is 19.4. The molecule has 1 aromatic carbocycles. The standard InChI is InChI=1S/C20H24F3N3O3/c1-18(2,3)16(27)25-19(20(21,22)23)17(28)26(12-14-10-7-11-29-14)15(24-19)13-8-5-4-6-9-13/h4-6,8-9,14H,7,10-12H2,1-3H3,(H,25,27). The fourth-order valence-electron chi connectivity index (χ4n) is 3.22. The second-order valence-corrected chi connectivity index (χ2v) is 8.26. The van der Waals surface area contributed by atoms with Crippen LogP contribution in [0.5, 0.6) is 0 Å². The highest BCUT2D eigenvalue weighted by Gasteiger charge is 2.67. The topological polar surface area (TPSA) is 71.0 Å². The minimum atomic E-state index is -5.11. The van der Waals surface area contributed by atoms with Crippen molar-refractivity contribution >= 4 is 17.6 Å². The molecule has 0 bridgehead atoms. The molecule has 1 aromatic rings. The Morgan fingerprint density at radius 3 is 2.45 bits per heavy atom. The summed E-state index contributed by atoms with van der Waals surface area (Å²) < 4.78 is 48.1. The average molecular weight is 411 g/mol. The molecule has 2 aliphatic rings. The van der Waals surface area contributed by atoms with Crippen LogP contribution in [-0.4, -0.2) is 53.6 Å². The number of hydrogen-bond donors (Lipinski definition) is 1. The van der Waals surface area contributed by atoms with Gasteiger partial charge in [0.2, 0.25) is 5.91 Å². The van der Waals surface area contributed by atoms with Gasteiger partial charge in [0, 0.05) is 17.6 Å². The van der Waals surface area contributed by atoms with Gasteiger partial charge in [-0.2, -0.15) is 13.2 Å². The van der Waals surface area contributed by atoms with Gasteiger partial charge in [0.15, 0.2) is 0 Å². The number of halogens is 3. The van der Waals surface area contributed by atoms with Crippen LogP contribution in [0.2, 0.25) is 0 Å². The van der Waals surface area contributed by atoms with Gasteiger partial charge in [0.05, 0.1) is 12.6 Å². The maximum Gasteiger partial charge on any atom is 0.442 e. The molecule has 2 atom stereocenters. The first-order valence-electron chi connectivity index (χ1n) is 9.44. The summed E-state index contributed by atoms with van der Waals surface area (Å²) in [6.07, 6.45) is -4.08. The molecule has 0 saturated carbocycles. The maximum absolute atomic E-state index is 14.2. The molecule has 2 amide bonds. The van der Waals surface area contributed by atoms with Crippen molar-refractivity contribution in [1.82, 2.24) is 10.2 Å². The zero-order valence-corrected chi connectivity index (χ0v) is 16.5. The summed E-state index contributed by atoms with van der Waals surface area (Å²) in [5.41, 5.74) is -4.14. The third-order valence-electron chi connectivity index (χ3n) is 4.91. The lowest BCUT2D eigenvalue weighted by molar-refractivity contribution is -0.201. The number of rotatable bonds is 4. The molecule has 1 N–H and O–H groups in total. The number of nitrogens with one attached hydrogen (secondary N) is 1. The minimum absolute atomic E-state index is 0.0597. The number of hydrogen-bond acceptors (Lipinski definition) is 4. The van der Waals surface area contributed by atoms with E-state index in [0.717, 1.165) is 11.3 Å². The molecule has 3 rings (SSSR count). The van der Waals surface area contributed by atoms with E-state index in [0.29, 0.717) is 18.6 Å². The van der Waals surface area contributed by atoms with E-state index in [1.807, 2.05) is 5.32 Å². The molecular formula is C20H24F3N3O3.